The van der Waals surface area contributed by atoms with Crippen LogP contribution in [0, 0.1) is 12.2 Å². The minimum absolute atomic E-state index is 0. The van der Waals surface area contributed by atoms with Crippen molar-refractivity contribution in [1.82, 2.24) is 0 Å². The molecule has 0 aliphatic heterocycles. The fourth-order valence-electron chi connectivity index (χ4n) is 2.01. The summed E-state index contributed by atoms with van der Waals surface area (Å²) in [4.78, 5) is 0. The fraction of sp³-hybridized carbons (Fsp3) is 0.556. The molecule has 0 aromatic carbocycles. The monoisotopic (exact) mass is 392 g/mol. The Morgan fingerprint density at radius 3 is 1.27 bits per heavy atom. The molecule has 0 N–H and O–H groups in total. The first-order valence-electron chi connectivity index (χ1n) is 7.47. The van der Waals surface area contributed by atoms with Crippen molar-refractivity contribution >= 4 is 31.0 Å². The van der Waals surface area contributed by atoms with E-state index >= 15 is 0 Å². The first kappa shape index (κ1) is 27.3. The Kier molecular flexibility index (Phi) is 20.3. The molecule has 0 nitrogen and oxygen atoms in total. The molecule has 0 aromatic heterocycles. The van der Waals surface area contributed by atoms with Gasteiger partial charge in [0.15, 0.2) is 0 Å². The number of hydrogen-bond acceptors (Lipinski definition) is 0. The summed E-state index contributed by atoms with van der Waals surface area (Å²) in [5.41, 5.74) is 5.66. The van der Waals surface area contributed by atoms with E-state index in [9.17, 15) is 0 Å². The quantitative estimate of drug-likeness (QED) is 0.367. The van der Waals surface area contributed by atoms with E-state index in [-0.39, 0.29) is 31.0 Å². The molecule has 0 atom stereocenters. The summed E-state index contributed by atoms with van der Waals surface area (Å²) >= 11 is 2.27. The van der Waals surface area contributed by atoms with E-state index in [1.165, 1.54) is 35.1 Å². The molecule has 0 amide bonds. The van der Waals surface area contributed by atoms with Crippen LogP contribution < -0.4 is 0 Å². The van der Waals surface area contributed by atoms with Crippen LogP contribution in [0.15, 0.2) is 34.4 Å². The molecule has 0 fully saturated rings. The first-order valence-corrected chi connectivity index (χ1v) is 12.3. The molecule has 124 valence electrons. The van der Waals surface area contributed by atoms with Gasteiger partial charge in [-0.1, -0.05) is 40.5 Å². The molecule has 0 spiro atoms. The van der Waals surface area contributed by atoms with Gasteiger partial charge >= 0.3 is 38.5 Å². The van der Waals surface area contributed by atoms with Crippen LogP contribution in [0.25, 0.3) is 0 Å². The van der Waals surface area contributed by atoms with Gasteiger partial charge in [0.2, 0.25) is 0 Å². The minimum atomic E-state index is 0. The Hall–Kier alpha value is 0.471. The predicted octanol–water partition coefficient (Wildman–Crippen LogP) is 6.58. The van der Waals surface area contributed by atoms with Crippen molar-refractivity contribution in [3.05, 3.63) is 46.6 Å². The van der Waals surface area contributed by atoms with Crippen LogP contribution in [0.2, 0.25) is 13.1 Å². The molecular formula is C18H30Cl2SiTi. The third kappa shape index (κ3) is 13.0. The average Bonchev–Trinajstić information content (AvgIpc) is 2.97. The third-order valence-electron chi connectivity index (χ3n) is 3.16. The summed E-state index contributed by atoms with van der Waals surface area (Å²) in [7, 11) is 0. The number of hydrogen-bond donors (Lipinski definition) is 0. The van der Waals surface area contributed by atoms with Gasteiger partial charge < -0.3 is 0 Å². The molecule has 22 heavy (non-hydrogen) atoms. The van der Waals surface area contributed by atoms with Crippen molar-refractivity contribution in [2.75, 3.05) is 0 Å². The Balaban J connectivity index is -0.000000249. The van der Waals surface area contributed by atoms with Gasteiger partial charge in [-0.15, -0.1) is 37.7 Å². The van der Waals surface area contributed by atoms with Crippen molar-refractivity contribution in [2.24, 2.45) is 0 Å². The van der Waals surface area contributed by atoms with Gasteiger partial charge in [0.25, 0.3) is 0 Å². The van der Waals surface area contributed by atoms with Crippen molar-refractivity contribution < 1.29 is 19.2 Å². The average molecular weight is 393 g/mol. The zero-order valence-electron chi connectivity index (χ0n) is 14.8. The van der Waals surface area contributed by atoms with E-state index in [0.29, 0.717) is 0 Å². The third-order valence-corrected chi connectivity index (χ3v) is 3.16. The Bertz CT molecular complexity index is 406. The van der Waals surface area contributed by atoms with E-state index in [1.807, 2.05) is 0 Å². The SMILES string of the molecule is CCC1=CC[C-]=C1C.CCC1=CC[C-]=C1C.C[Si](C)=[Ti+2].Cl.Cl. The van der Waals surface area contributed by atoms with Gasteiger partial charge in [-0.25, -0.2) is 11.1 Å². The summed E-state index contributed by atoms with van der Waals surface area (Å²) in [6, 6.07) is 0. The van der Waals surface area contributed by atoms with Crippen LogP contribution in [0.4, 0.5) is 0 Å². The van der Waals surface area contributed by atoms with E-state index in [4.69, 9.17) is 0 Å². The van der Waals surface area contributed by atoms with E-state index in [0.717, 1.165) is 12.8 Å². The van der Waals surface area contributed by atoms with Crippen molar-refractivity contribution in [3.63, 3.8) is 0 Å². The van der Waals surface area contributed by atoms with Gasteiger partial charge in [0.05, 0.1) is 0 Å². The molecule has 0 heterocycles. The molecule has 0 saturated carbocycles. The molecule has 0 saturated heterocycles. The van der Waals surface area contributed by atoms with Crippen LogP contribution in [0.3, 0.4) is 0 Å². The van der Waals surface area contributed by atoms with Gasteiger partial charge in [-0.05, 0) is 0 Å². The zero-order chi connectivity index (χ0) is 15.5. The van der Waals surface area contributed by atoms with Crippen molar-refractivity contribution in [3.8, 4) is 0 Å². The minimum Gasteiger partial charge on any atom is -0.147 e. The maximum Gasteiger partial charge on any atom is -0.147 e. The Morgan fingerprint density at radius 2 is 1.18 bits per heavy atom. The van der Waals surface area contributed by atoms with E-state index in [1.54, 1.807) is 0 Å². The zero-order valence-corrected chi connectivity index (χ0v) is 19.0. The van der Waals surface area contributed by atoms with Crippen molar-refractivity contribution in [1.29, 1.82) is 0 Å². The first-order chi connectivity index (χ1) is 9.42. The van der Waals surface area contributed by atoms with E-state index in [2.05, 4.69) is 84.3 Å². The summed E-state index contributed by atoms with van der Waals surface area (Å²) in [6.45, 7) is 13.2. The van der Waals surface area contributed by atoms with Crippen LogP contribution in [0.1, 0.15) is 53.4 Å². The fourth-order valence-corrected chi connectivity index (χ4v) is 2.01. The van der Waals surface area contributed by atoms with Crippen LogP contribution >= 0.6 is 24.8 Å². The maximum absolute atomic E-state index is 3.24. The molecule has 0 aromatic rings. The molecule has 0 unspecified atom stereocenters. The van der Waals surface area contributed by atoms with Crippen LogP contribution in [0.5, 0.6) is 0 Å². The van der Waals surface area contributed by atoms with Crippen LogP contribution in [-0.4, -0.2) is 6.19 Å². The van der Waals surface area contributed by atoms with E-state index < -0.39 is 0 Å². The second-order valence-electron chi connectivity index (χ2n) is 5.18. The predicted molar refractivity (Wildman–Crippen MR) is 103 cm³/mol. The number of rotatable bonds is 2. The molecule has 0 radical (unpaired) electrons. The summed E-state index contributed by atoms with van der Waals surface area (Å²) in [5, 5.41) is 0. The van der Waals surface area contributed by atoms with Gasteiger partial charge in [0.1, 0.15) is 0 Å². The molecule has 2 rings (SSSR count). The molecule has 0 bridgehead atoms. The van der Waals surface area contributed by atoms with Crippen molar-refractivity contribution in [2.45, 2.75) is 66.5 Å². The smallest absolute Gasteiger partial charge is 0.147 e. The number of halogens is 2. The molecule has 2 aliphatic rings. The molecule has 2 aliphatic carbocycles. The normalized spacial score (nSPS) is 14.5. The van der Waals surface area contributed by atoms with Crippen LogP contribution in [-0.2, 0) is 19.2 Å². The summed E-state index contributed by atoms with van der Waals surface area (Å²) in [5.74, 6) is 0. The van der Waals surface area contributed by atoms with Gasteiger partial charge in [-0.2, -0.15) is 23.3 Å². The second-order valence-corrected chi connectivity index (χ2v) is 11.9. The Labute approximate surface area is 162 Å². The summed E-state index contributed by atoms with van der Waals surface area (Å²) in [6.07, 6.45) is 15.5. The van der Waals surface area contributed by atoms with Gasteiger partial charge in [-0.3, -0.25) is 12.2 Å². The van der Waals surface area contributed by atoms with Gasteiger partial charge in [0, 0.05) is 0 Å². The maximum atomic E-state index is 3.24. The number of allylic oxidation sites excluding steroid dienone is 8. The standard InChI is InChI=1S/2C8H11.C2H6Si.2ClH.Ti/c2*1-3-8-6-4-5-7(8)2;1-3-2;;;/h2*6H,3-4H2,1-2H3;1-2H3;2*1H;/q2*-1;;;;+2. The second kappa shape index (κ2) is 16.3. The summed E-state index contributed by atoms with van der Waals surface area (Å²) < 4.78 is 0. The molecular weight excluding hydrogens is 363 g/mol. The largest absolute Gasteiger partial charge is 0.147 e. The topological polar surface area (TPSA) is 0 Å². The Morgan fingerprint density at radius 1 is 0.909 bits per heavy atom. The molecule has 4 heteroatoms.